The van der Waals surface area contributed by atoms with Gasteiger partial charge in [0.15, 0.2) is 0 Å². The second-order valence-corrected chi connectivity index (χ2v) is 5.78. The molecule has 0 radical (unpaired) electrons. The van der Waals surface area contributed by atoms with Crippen molar-refractivity contribution >= 4 is 27.3 Å². The maximum Gasteiger partial charge on any atom is 0.0567 e. The molecule has 2 unspecified atom stereocenters. The molecular formula is C11H19BrN2S. The summed E-state index contributed by atoms with van der Waals surface area (Å²) in [5.41, 5.74) is 2.92. The van der Waals surface area contributed by atoms with E-state index < -0.39 is 0 Å². The van der Waals surface area contributed by atoms with Crippen LogP contribution in [-0.2, 0) is 0 Å². The predicted molar refractivity (Wildman–Crippen MR) is 70.8 cm³/mol. The zero-order valence-corrected chi connectivity index (χ0v) is 11.7. The number of rotatable bonds is 6. The van der Waals surface area contributed by atoms with Gasteiger partial charge in [-0.3, -0.25) is 11.3 Å². The Hall–Kier alpha value is 0.100. The van der Waals surface area contributed by atoms with Crippen molar-refractivity contribution < 1.29 is 0 Å². The Morgan fingerprint density at radius 2 is 2.33 bits per heavy atom. The zero-order valence-electron chi connectivity index (χ0n) is 9.29. The Bertz CT molecular complexity index is 288. The molecule has 1 aromatic rings. The van der Waals surface area contributed by atoms with E-state index in [0.717, 1.165) is 6.42 Å². The van der Waals surface area contributed by atoms with Gasteiger partial charge in [0.05, 0.1) is 6.04 Å². The highest BCUT2D eigenvalue weighted by atomic mass is 79.9. The second-order valence-electron chi connectivity index (χ2n) is 3.98. The molecule has 2 nitrogen and oxygen atoms in total. The summed E-state index contributed by atoms with van der Waals surface area (Å²) in [7, 11) is 0. The van der Waals surface area contributed by atoms with Gasteiger partial charge in [0.2, 0.25) is 0 Å². The minimum absolute atomic E-state index is 0.279. The van der Waals surface area contributed by atoms with E-state index in [4.69, 9.17) is 5.84 Å². The van der Waals surface area contributed by atoms with Gasteiger partial charge in [-0.15, -0.1) is 11.3 Å². The molecule has 1 aromatic heterocycles. The van der Waals surface area contributed by atoms with E-state index >= 15 is 0 Å². The fraction of sp³-hybridized carbons (Fsp3) is 0.636. The third kappa shape index (κ3) is 3.87. The van der Waals surface area contributed by atoms with Crippen molar-refractivity contribution in [2.24, 2.45) is 11.8 Å². The SMILES string of the molecule is CCCC(C)CC(NN)c1sccc1Br. The maximum atomic E-state index is 5.61. The first-order chi connectivity index (χ1) is 7.19. The van der Waals surface area contributed by atoms with Crippen LogP contribution in [0.1, 0.15) is 44.0 Å². The van der Waals surface area contributed by atoms with Crippen molar-refractivity contribution in [3.05, 3.63) is 20.8 Å². The number of hydrogen-bond donors (Lipinski definition) is 2. The van der Waals surface area contributed by atoms with Crippen molar-refractivity contribution in [2.45, 2.75) is 39.2 Å². The molecule has 0 fully saturated rings. The van der Waals surface area contributed by atoms with Crippen LogP contribution in [0.3, 0.4) is 0 Å². The fourth-order valence-corrected chi connectivity index (χ4v) is 3.54. The van der Waals surface area contributed by atoms with Crippen LogP contribution in [-0.4, -0.2) is 0 Å². The van der Waals surface area contributed by atoms with Gasteiger partial charge in [-0.1, -0.05) is 26.7 Å². The molecule has 15 heavy (non-hydrogen) atoms. The topological polar surface area (TPSA) is 38.0 Å². The van der Waals surface area contributed by atoms with Crippen LogP contribution in [0.5, 0.6) is 0 Å². The molecule has 3 N–H and O–H groups in total. The number of halogens is 1. The number of hydrogen-bond acceptors (Lipinski definition) is 3. The lowest BCUT2D eigenvalue weighted by Crippen LogP contribution is -2.29. The molecule has 4 heteroatoms. The molecule has 1 heterocycles. The van der Waals surface area contributed by atoms with E-state index in [1.165, 1.54) is 22.2 Å². The van der Waals surface area contributed by atoms with Crippen LogP contribution in [0.4, 0.5) is 0 Å². The highest BCUT2D eigenvalue weighted by molar-refractivity contribution is 9.10. The summed E-state index contributed by atoms with van der Waals surface area (Å²) >= 11 is 5.30. The molecule has 1 rings (SSSR count). The lowest BCUT2D eigenvalue weighted by atomic mass is 9.97. The predicted octanol–water partition coefficient (Wildman–Crippen LogP) is 3.84. The largest absolute Gasteiger partial charge is 0.271 e. The van der Waals surface area contributed by atoms with E-state index in [1.54, 1.807) is 11.3 Å². The number of nitrogens with two attached hydrogens (primary N) is 1. The average Bonchev–Trinajstić information content (AvgIpc) is 2.61. The van der Waals surface area contributed by atoms with Crippen molar-refractivity contribution in [3.8, 4) is 0 Å². The molecule has 0 aliphatic carbocycles. The van der Waals surface area contributed by atoms with Gasteiger partial charge in [0, 0.05) is 9.35 Å². The van der Waals surface area contributed by atoms with Gasteiger partial charge in [-0.05, 0) is 39.7 Å². The molecule has 0 aromatic carbocycles. The summed E-state index contributed by atoms with van der Waals surface area (Å²) in [6, 6.07) is 2.36. The number of hydrazine groups is 1. The molecular weight excluding hydrogens is 272 g/mol. The summed E-state index contributed by atoms with van der Waals surface area (Å²) in [5, 5.41) is 2.09. The van der Waals surface area contributed by atoms with Crippen LogP contribution >= 0.6 is 27.3 Å². The monoisotopic (exact) mass is 290 g/mol. The molecule has 0 spiro atoms. The van der Waals surface area contributed by atoms with Gasteiger partial charge in [-0.2, -0.15) is 0 Å². The van der Waals surface area contributed by atoms with Crippen molar-refractivity contribution in [1.29, 1.82) is 0 Å². The number of thiophene rings is 1. The Balaban J connectivity index is 2.60. The van der Waals surface area contributed by atoms with Crippen LogP contribution in [0.2, 0.25) is 0 Å². The van der Waals surface area contributed by atoms with Crippen LogP contribution in [0.15, 0.2) is 15.9 Å². The van der Waals surface area contributed by atoms with E-state index in [0.29, 0.717) is 5.92 Å². The Morgan fingerprint density at radius 3 is 2.80 bits per heavy atom. The maximum absolute atomic E-state index is 5.61. The minimum Gasteiger partial charge on any atom is -0.271 e. The number of nitrogens with one attached hydrogen (secondary N) is 1. The highest BCUT2D eigenvalue weighted by Gasteiger charge is 2.17. The normalized spacial score (nSPS) is 15.2. The van der Waals surface area contributed by atoms with Gasteiger partial charge < -0.3 is 0 Å². The molecule has 0 amide bonds. The molecule has 2 atom stereocenters. The first kappa shape index (κ1) is 13.2. The van der Waals surface area contributed by atoms with Gasteiger partial charge >= 0.3 is 0 Å². The summed E-state index contributed by atoms with van der Waals surface area (Å²) in [6.45, 7) is 4.51. The first-order valence-electron chi connectivity index (χ1n) is 5.38. The van der Waals surface area contributed by atoms with E-state index in [1.807, 2.05) is 0 Å². The summed E-state index contributed by atoms with van der Waals surface area (Å²) in [4.78, 5) is 1.31. The molecule has 0 saturated heterocycles. The average molecular weight is 291 g/mol. The quantitative estimate of drug-likeness (QED) is 0.617. The minimum atomic E-state index is 0.279. The smallest absolute Gasteiger partial charge is 0.0567 e. The lowest BCUT2D eigenvalue weighted by molar-refractivity contribution is 0.397. The van der Waals surface area contributed by atoms with Crippen LogP contribution < -0.4 is 11.3 Å². The molecule has 0 aliphatic rings. The van der Waals surface area contributed by atoms with Gasteiger partial charge in [-0.25, -0.2) is 0 Å². The molecule has 0 aliphatic heterocycles. The summed E-state index contributed by atoms with van der Waals surface area (Å²) in [6.07, 6.45) is 3.61. The van der Waals surface area contributed by atoms with E-state index in [9.17, 15) is 0 Å². The van der Waals surface area contributed by atoms with Crippen molar-refractivity contribution in [3.63, 3.8) is 0 Å². The Kier molecular flexibility index (Phi) is 5.82. The third-order valence-corrected chi connectivity index (χ3v) is 4.57. The first-order valence-corrected chi connectivity index (χ1v) is 7.05. The second kappa shape index (κ2) is 6.63. The lowest BCUT2D eigenvalue weighted by Gasteiger charge is -2.19. The van der Waals surface area contributed by atoms with Crippen molar-refractivity contribution in [1.82, 2.24) is 5.43 Å². The zero-order chi connectivity index (χ0) is 11.3. The Morgan fingerprint density at radius 1 is 1.60 bits per heavy atom. The van der Waals surface area contributed by atoms with E-state index in [2.05, 4.69) is 46.6 Å². The fourth-order valence-electron chi connectivity index (χ4n) is 1.82. The Labute approximate surface area is 104 Å². The summed E-state index contributed by atoms with van der Waals surface area (Å²) in [5.74, 6) is 6.33. The molecule has 86 valence electrons. The van der Waals surface area contributed by atoms with Crippen LogP contribution in [0.25, 0.3) is 0 Å². The van der Waals surface area contributed by atoms with Crippen LogP contribution in [0, 0.1) is 5.92 Å². The summed E-state index contributed by atoms with van der Waals surface area (Å²) < 4.78 is 1.17. The third-order valence-electron chi connectivity index (χ3n) is 2.58. The molecule has 0 saturated carbocycles. The van der Waals surface area contributed by atoms with E-state index in [-0.39, 0.29) is 6.04 Å². The standard InChI is InChI=1S/C11H19BrN2S/c1-3-4-8(2)7-10(14-13)11-9(12)5-6-15-11/h5-6,8,10,14H,3-4,7,13H2,1-2H3. The van der Waals surface area contributed by atoms with Gasteiger partial charge in [0.25, 0.3) is 0 Å². The highest BCUT2D eigenvalue weighted by Crippen LogP contribution is 2.32. The van der Waals surface area contributed by atoms with Gasteiger partial charge in [0.1, 0.15) is 0 Å². The van der Waals surface area contributed by atoms with Crippen molar-refractivity contribution in [2.75, 3.05) is 0 Å². The molecule has 0 bridgehead atoms.